The fourth-order valence-corrected chi connectivity index (χ4v) is 2.21. The minimum atomic E-state index is 0.202. The molecule has 1 aromatic carbocycles. The van der Waals surface area contributed by atoms with Gasteiger partial charge in [0.15, 0.2) is 0 Å². The van der Waals surface area contributed by atoms with E-state index in [9.17, 15) is 0 Å². The summed E-state index contributed by atoms with van der Waals surface area (Å²) >= 11 is 0. The summed E-state index contributed by atoms with van der Waals surface area (Å²) in [7, 11) is 0. The van der Waals surface area contributed by atoms with E-state index in [0.29, 0.717) is 5.92 Å². The first-order valence-electron chi connectivity index (χ1n) is 6.81. The topological polar surface area (TPSA) is 43.8 Å². The minimum absolute atomic E-state index is 0.202. The summed E-state index contributed by atoms with van der Waals surface area (Å²) in [6.07, 6.45) is 2.00. The van der Waals surface area contributed by atoms with Crippen molar-refractivity contribution < 1.29 is 0 Å². The number of rotatable bonds is 5. The van der Waals surface area contributed by atoms with Gasteiger partial charge >= 0.3 is 0 Å². The quantitative estimate of drug-likeness (QED) is 0.880. The van der Waals surface area contributed by atoms with Gasteiger partial charge in [-0.05, 0) is 24.5 Å². The van der Waals surface area contributed by atoms with Gasteiger partial charge in [0.2, 0.25) is 0 Å². The molecular weight excluding hydrogens is 222 g/mol. The third-order valence-electron chi connectivity index (χ3n) is 3.27. The predicted molar refractivity (Wildman–Crippen MR) is 76.5 cm³/mol. The number of aromatic nitrogens is 2. The molecule has 0 aliphatic rings. The molecule has 0 amide bonds. The Balaban J connectivity index is 2.43. The molecule has 3 nitrogen and oxygen atoms in total. The van der Waals surface area contributed by atoms with Crippen molar-refractivity contribution in [2.45, 2.75) is 46.2 Å². The van der Waals surface area contributed by atoms with Gasteiger partial charge in [-0.3, -0.25) is 0 Å². The van der Waals surface area contributed by atoms with Gasteiger partial charge in [0.25, 0.3) is 0 Å². The number of hydrogen-bond acceptors (Lipinski definition) is 2. The van der Waals surface area contributed by atoms with Crippen molar-refractivity contribution in [1.82, 2.24) is 9.55 Å². The summed E-state index contributed by atoms with van der Waals surface area (Å²) in [4.78, 5) is 4.75. The highest BCUT2D eigenvalue weighted by atomic mass is 15.1. The summed E-state index contributed by atoms with van der Waals surface area (Å²) in [6.45, 7) is 7.44. The fraction of sp³-hybridized carbons (Fsp3) is 0.533. The van der Waals surface area contributed by atoms with E-state index < -0.39 is 0 Å². The molecule has 0 radical (unpaired) electrons. The summed E-state index contributed by atoms with van der Waals surface area (Å²) in [6, 6.07) is 8.52. The molecule has 98 valence electrons. The Labute approximate surface area is 109 Å². The fourth-order valence-electron chi connectivity index (χ4n) is 2.21. The first kappa shape index (κ1) is 13.1. The summed E-state index contributed by atoms with van der Waals surface area (Å²) < 4.78 is 2.30. The SMILES string of the molecule is CCC(N)Cn1c(CC(C)C)nc2ccccc21. The van der Waals surface area contributed by atoms with Crippen molar-refractivity contribution in [2.75, 3.05) is 0 Å². The largest absolute Gasteiger partial charge is 0.326 e. The molecule has 3 heteroatoms. The third kappa shape index (κ3) is 2.72. The molecule has 18 heavy (non-hydrogen) atoms. The van der Waals surface area contributed by atoms with Gasteiger partial charge in [-0.2, -0.15) is 0 Å². The van der Waals surface area contributed by atoms with Crippen LogP contribution >= 0.6 is 0 Å². The second kappa shape index (κ2) is 5.53. The van der Waals surface area contributed by atoms with Gasteiger partial charge in [0.05, 0.1) is 11.0 Å². The molecule has 0 spiro atoms. The Morgan fingerprint density at radius 2 is 2.00 bits per heavy atom. The molecular formula is C15H23N3. The molecule has 2 aromatic rings. The normalized spacial score (nSPS) is 13.4. The van der Waals surface area contributed by atoms with Crippen LogP contribution in [-0.4, -0.2) is 15.6 Å². The Bertz CT molecular complexity index is 513. The average Bonchev–Trinajstić information content (AvgIpc) is 2.66. The van der Waals surface area contributed by atoms with Gasteiger partial charge in [-0.15, -0.1) is 0 Å². The maximum Gasteiger partial charge on any atom is 0.110 e. The summed E-state index contributed by atoms with van der Waals surface area (Å²) in [5.41, 5.74) is 8.39. The van der Waals surface area contributed by atoms with Crippen LogP contribution in [0.2, 0.25) is 0 Å². The predicted octanol–water partition coefficient (Wildman–Crippen LogP) is 2.97. The number of benzene rings is 1. The van der Waals surface area contributed by atoms with E-state index in [4.69, 9.17) is 10.7 Å². The molecule has 1 heterocycles. The Kier molecular flexibility index (Phi) is 4.02. The highest BCUT2D eigenvalue weighted by Crippen LogP contribution is 2.19. The lowest BCUT2D eigenvalue weighted by Crippen LogP contribution is -2.26. The van der Waals surface area contributed by atoms with Gasteiger partial charge in [-0.1, -0.05) is 32.9 Å². The van der Waals surface area contributed by atoms with Crippen molar-refractivity contribution >= 4 is 11.0 Å². The number of fused-ring (bicyclic) bond motifs is 1. The molecule has 2 rings (SSSR count). The molecule has 0 aliphatic heterocycles. The Morgan fingerprint density at radius 3 is 2.67 bits per heavy atom. The van der Waals surface area contributed by atoms with Crippen LogP contribution in [0.15, 0.2) is 24.3 Å². The first-order valence-corrected chi connectivity index (χ1v) is 6.81. The lowest BCUT2D eigenvalue weighted by molar-refractivity contribution is 0.513. The second-order valence-corrected chi connectivity index (χ2v) is 5.39. The number of nitrogens with two attached hydrogens (primary N) is 1. The molecule has 0 saturated heterocycles. The van der Waals surface area contributed by atoms with Gasteiger partial charge in [0, 0.05) is 19.0 Å². The molecule has 0 bridgehead atoms. The summed E-state index contributed by atoms with van der Waals surface area (Å²) in [5.74, 6) is 1.77. The van der Waals surface area contributed by atoms with E-state index >= 15 is 0 Å². The van der Waals surface area contributed by atoms with Crippen LogP contribution < -0.4 is 5.73 Å². The van der Waals surface area contributed by atoms with E-state index in [1.165, 1.54) is 5.52 Å². The van der Waals surface area contributed by atoms with Crippen molar-refractivity contribution in [3.63, 3.8) is 0 Å². The minimum Gasteiger partial charge on any atom is -0.326 e. The maximum atomic E-state index is 6.11. The van der Waals surface area contributed by atoms with Crippen LogP contribution in [0.25, 0.3) is 11.0 Å². The Hall–Kier alpha value is -1.35. The molecule has 1 atom stereocenters. The van der Waals surface area contributed by atoms with Gasteiger partial charge < -0.3 is 10.3 Å². The molecule has 0 fully saturated rings. The highest BCUT2D eigenvalue weighted by Gasteiger charge is 2.13. The van der Waals surface area contributed by atoms with Crippen LogP contribution in [0.5, 0.6) is 0 Å². The Morgan fingerprint density at radius 1 is 1.28 bits per heavy atom. The molecule has 2 N–H and O–H groups in total. The van der Waals surface area contributed by atoms with Gasteiger partial charge in [0.1, 0.15) is 5.82 Å². The van der Waals surface area contributed by atoms with Crippen molar-refractivity contribution in [1.29, 1.82) is 0 Å². The van der Waals surface area contributed by atoms with E-state index in [-0.39, 0.29) is 6.04 Å². The number of para-hydroxylation sites is 2. The van der Waals surface area contributed by atoms with Gasteiger partial charge in [-0.25, -0.2) is 4.98 Å². The highest BCUT2D eigenvalue weighted by molar-refractivity contribution is 5.75. The lowest BCUT2D eigenvalue weighted by Gasteiger charge is -2.14. The van der Waals surface area contributed by atoms with Crippen molar-refractivity contribution in [3.8, 4) is 0 Å². The average molecular weight is 245 g/mol. The lowest BCUT2D eigenvalue weighted by atomic mass is 10.1. The van der Waals surface area contributed by atoms with E-state index in [2.05, 4.69) is 43.5 Å². The van der Waals surface area contributed by atoms with Crippen LogP contribution in [0.3, 0.4) is 0 Å². The zero-order valence-corrected chi connectivity index (χ0v) is 11.6. The summed E-state index contributed by atoms with van der Waals surface area (Å²) in [5, 5.41) is 0. The van der Waals surface area contributed by atoms with E-state index in [1.807, 2.05) is 6.07 Å². The van der Waals surface area contributed by atoms with Crippen molar-refractivity contribution in [3.05, 3.63) is 30.1 Å². The molecule has 0 saturated carbocycles. The number of hydrogen-bond donors (Lipinski definition) is 1. The van der Waals surface area contributed by atoms with Crippen molar-refractivity contribution in [2.24, 2.45) is 11.7 Å². The third-order valence-corrected chi connectivity index (χ3v) is 3.27. The standard InChI is InChI=1S/C15H23N3/c1-4-12(16)10-18-14-8-6-5-7-13(14)17-15(18)9-11(2)3/h5-8,11-12H,4,9-10,16H2,1-3H3. The maximum absolute atomic E-state index is 6.11. The van der Waals surface area contributed by atoms with Crippen LogP contribution in [0.4, 0.5) is 0 Å². The van der Waals surface area contributed by atoms with Crippen LogP contribution in [0.1, 0.15) is 33.0 Å². The van der Waals surface area contributed by atoms with Crippen LogP contribution in [0, 0.1) is 5.92 Å². The van der Waals surface area contributed by atoms with E-state index in [0.717, 1.165) is 30.7 Å². The number of imidazole rings is 1. The zero-order valence-electron chi connectivity index (χ0n) is 11.6. The van der Waals surface area contributed by atoms with Crippen LogP contribution in [-0.2, 0) is 13.0 Å². The zero-order chi connectivity index (χ0) is 13.1. The molecule has 1 unspecified atom stereocenters. The first-order chi connectivity index (χ1) is 8.61. The monoisotopic (exact) mass is 245 g/mol. The molecule has 1 aromatic heterocycles. The molecule has 0 aliphatic carbocycles. The second-order valence-electron chi connectivity index (χ2n) is 5.39. The smallest absolute Gasteiger partial charge is 0.110 e. The number of nitrogens with zero attached hydrogens (tertiary/aromatic N) is 2. The van der Waals surface area contributed by atoms with E-state index in [1.54, 1.807) is 0 Å².